The van der Waals surface area contributed by atoms with Gasteiger partial charge in [0.2, 0.25) is 0 Å². The SMILES string of the molecule is NC(N)=NCCn1c2c(c3cc(NC4C=CC(Cl)=C(Cl)C4)ccc31)CCNC2. The third-order valence-corrected chi connectivity index (χ3v) is 6.04. The van der Waals surface area contributed by atoms with Gasteiger partial charge in [-0.2, -0.15) is 0 Å². The van der Waals surface area contributed by atoms with Gasteiger partial charge in [-0.3, -0.25) is 4.99 Å². The molecule has 0 spiro atoms. The first-order chi connectivity index (χ1) is 13.5. The van der Waals surface area contributed by atoms with Crippen molar-refractivity contribution in [2.24, 2.45) is 16.5 Å². The number of fused-ring (bicyclic) bond motifs is 3. The van der Waals surface area contributed by atoms with Crippen molar-refractivity contribution in [1.82, 2.24) is 9.88 Å². The molecule has 4 rings (SSSR count). The first-order valence-corrected chi connectivity index (χ1v) is 10.2. The Bertz CT molecular complexity index is 984. The molecule has 28 heavy (non-hydrogen) atoms. The van der Waals surface area contributed by atoms with Crippen LogP contribution < -0.4 is 22.1 Å². The van der Waals surface area contributed by atoms with Gasteiger partial charge in [0, 0.05) is 52.9 Å². The molecule has 0 radical (unpaired) electrons. The minimum absolute atomic E-state index is 0.128. The number of hydrogen-bond donors (Lipinski definition) is 4. The van der Waals surface area contributed by atoms with Crippen molar-refractivity contribution < 1.29 is 0 Å². The van der Waals surface area contributed by atoms with E-state index in [0.717, 1.165) is 31.7 Å². The van der Waals surface area contributed by atoms with E-state index in [1.54, 1.807) is 0 Å². The lowest BCUT2D eigenvalue weighted by molar-refractivity contribution is 0.588. The fraction of sp³-hybridized carbons (Fsp3) is 0.350. The van der Waals surface area contributed by atoms with Crippen LogP contribution in [-0.4, -0.2) is 29.7 Å². The molecule has 6 nitrogen and oxygen atoms in total. The zero-order valence-corrected chi connectivity index (χ0v) is 17.0. The largest absolute Gasteiger partial charge is 0.378 e. The van der Waals surface area contributed by atoms with Crippen LogP contribution in [0.4, 0.5) is 5.69 Å². The zero-order chi connectivity index (χ0) is 19.7. The van der Waals surface area contributed by atoms with Gasteiger partial charge in [0.25, 0.3) is 0 Å². The number of benzene rings is 1. The van der Waals surface area contributed by atoms with Crippen molar-refractivity contribution in [2.75, 3.05) is 18.4 Å². The third kappa shape index (κ3) is 3.85. The molecule has 148 valence electrons. The summed E-state index contributed by atoms with van der Waals surface area (Å²) in [6, 6.07) is 6.65. The second-order valence-electron chi connectivity index (χ2n) is 7.11. The number of aliphatic imine (C=N–C) groups is 1. The number of guanidine groups is 1. The molecule has 1 atom stereocenters. The Labute approximate surface area is 174 Å². The van der Waals surface area contributed by atoms with Gasteiger partial charge in [-0.25, -0.2) is 0 Å². The van der Waals surface area contributed by atoms with Gasteiger partial charge in [-0.15, -0.1) is 0 Å². The summed E-state index contributed by atoms with van der Waals surface area (Å²) in [5, 5.41) is 9.62. The van der Waals surface area contributed by atoms with Crippen LogP contribution in [0.15, 0.2) is 45.4 Å². The highest BCUT2D eigenvalue weighted by molar-refractivity contribution is 6.40. The first kappa shape index (κ1) is 19.2. The van der Waals surface area contributed by atoms with Crippen LogP contribution in [0.5, 0.6) is 0 Å². The van der Waals surface area contributed by atoms with Gasteiger partial charge in [0.05, 0.1) is 11.6 Å². The number of allylic oxidation sites excluding steroid dienone is 2. The van der Waals surface area contributed by atoms with Gasteiger partial charge in [-0.1, -0.05) is 29.3 Å². The highest BCUT2D eigenvalue weighted by Crippen LogP contribution is 2.32. The van der Waals surface area contributed by atoms with E-state index in [9.17, 15) is 0 Å². The van der Waals surface area contributed by atoms with E-state index < -0.39 is 0 Å². The Hall–Kier alpha value is -2.15. The maximum Gasteiger partial charge on any atom is 0.185 e. The first-order valence-electron chi connectivity index (χ1n) is 9.42. The smallest absolute Gasteiger partial charge is 0.185 e. The maximum absolute atomic E-state index is 6.21. The molecule has 0 amide bonds. The lowest BCUT2D eigenvalue weighted by atomic mass is 10.0. The van der Waals surface area contributed by atoms with Gasteiger partial charge < -0.3 is 26.7 Å². The van der Waals surface area contributed by atoms with Crippen molar-refractivity contribution in [3.8, 4) is 0 Å². The summed E-state index contributed by atoms with van der Waals surface area (Å²) in [5.41, 5.74) is 16.0. The summed E-state index contributed by atoms with van der Waals surface area (Å²) in [6.07, 6.45) is 5.62. The molecule has 2 aromatic rings. The number of hydrogen-bond acceptors (Lipinski definition) is 3. The predicted octanol–water partition coefficient (Wildman–Crippen LogP) is 2.99. The number of anilines is 1. The van der Waals surface area contributed by atoms with Crippen molar-refractivity contribution in [3.63, 3.8) is 0 Å². The van der Waals surface area contributed by atoms with E-state index >= 15 is 0 Å². The quantitative estimate of drug-likeness (QED) is 0.443. The molecule has 0 fully saturated rings. The van der Waals surface area contributed by atoms with E-state index in [0.29, 0.717) is 23.0 Å². The third-order valence-electron chi connectivity index (χ3n) is 5.23. The molecule has 2 heterocycles. The number of nitrogens with one attached hydrogen (secondary N) is 2. The second-order valence-corrected chi connectivity index (χ2v) is 7.97. The summed E-state index contributed by atoms with van der Waals surface area (Å²) >= 11 is 12.3. The number of rotatable bonds is 5. The average molecular weight is 419 g/mol. The molecular weight excluding hydrogens is 395 g/mol. The molecule has 1 aromatic heterocycles. The summed E-state index contributed by atoms with van der Waals surface area (Å²) in [6.45, 7) is 3.17. The highest BCUT2D eigenvalue weighted by Gasteiger charge is 2.20. The fourth-order valence-electron chi connectivity index (χ4n) is 3.97. The minimum Gasteiger partial charge on any atom is -0.378 e. The monoisotopic (exact) mass is 418 g/mol. The summed E-state index contributed by atoms with van der Waals surface area (Å²) in [7, 11) is 0. The molecule has 6 N–H and O–H groups in total. The van der Waals surface area contributed by atoms with Crippen LogP contribution in [0.25, 0.3) is 10.9 Å². The lowest BCUT2D eigenvalue weighted by Crippen LogP contribution is -2.26. The number of nitrogens with zero attached hydrogens (tertiary/aromatic N) is 2. The van der Waals surface area contributed by atoms with Crippen LogP contribution in [0, 0.1) is 0 Å². The van der Waals surface area contributed by atoms with Crippen LogP contribution >= 0.6 is 23.2 Å². The molecule has 0 saturated heterocycles. The van der Waals surface area contributed by atoms with Crippen LogP contribution in [0.2, 0.25) is 0 Å². The maximum atomic E-state index is 6.21. The van der Waals surface area contributed by atoms with Gasteiger partial charge in [0.1, 0.15) is 0 Å². The molecule has 1 aliphatic heterocycles. The average Bonchev–Trinajstić information content (AvgIpc) is 2.98. The van der Waals surface area contributed by atoms with Crippen LogP contribution in [0.3, 0.4) is 0 Å². The van der Waals surface area contributed by atoms with Crippen LogP contribution in [-0.2, 0) is 19.5 Å². The molecule has 1 aliphatic carbocycles. The molecule has 0 saturated carbocycles. The Morgan fingerprint density at radius 3 is 2.96 bits per heavy atom. The lowest BCUT2D eigenvalue weighted by Gasteiger charge is -2.20. The van der Waals surface area contributed by atoms with Crippen molar-refractivity contribution >= 4 is 45.8 Å². The fourth-order valence-corrected chi connectivity index (χ4v) is 4.34. The second kappa shape index (κ2) is 8.07. The number of aromatic nitrogens is 1. The molecule has 0 bridgehead atoms. The Balaban J connectivity index is 1.64. The predicted molar refractivity (Wildman–Crippen MR) is 118 cm³/mol. The molecule has 1 aromatic carbocycles. The Kier molecular flexibility index (Phi) is 5.53. The van der Waals surface area contributed by atoms with E-state index in [-0.39, 0.29) is 12.0 Å². The van der Waals surface area contributed by atoms with E-state index in [4.69, 9.17) is 34.7 Å². The van der Waals surface area contributed by atoms with E-state index in [1.165, 1.54) is 22.2 Å². The van der Waals surface area contributed by atoms with Crippen molar-refractivity contribution in [1.29, 1.82) is 0 Å². The van der Waals surface area contributed by atoms with Gasteiger partial charge in [0.15, 0.2) is 5.96 Å². The Morgan fingerprint density at radius 2 is 2.18 bits per heavy atom. The number of nitrogens with two attached hydrogens (primary N) is 2. The van der Waals surface area contributed by atoms with E-state index in [1.807, 2.05) is 6.08 Å². The van der Waals surface area contributed by atoms with Crippen molar-refractivity contribution in [2.45, 2.75) is 32.0 Å². The molecule has 8 heteroatoms. The Morgan fingerprint density at radius 1 is 1.32 bits per heavy atom. The highest BCUT2D eigenvalue weighted by atomic mass is 35.5. The standard InChI is InChI=1S/C20H24Cl2N6/c21-16-3-1-13(10-17(16)22)27-12-2-4-18-15(9-12)14-5-6-25-11-19(14)28(18)8-7-26-20(23)24/h1-4,9,13,25,27H,5-8,10-11H2,(H4,23,24,26). The molecular formula is C20H24Cl2N6. The summed E-state index contributed by atoms with van der Waals surface area (Å²) < 4.78 is 2.33. The zero-order valence-electron chi connectivity index (χ0n) is 15.5. The summed E-state index contributed by atoms with van der Waals surface area (Å²) in [5.74, 6) is 0.128. The normalized spacial score (nSPS) is 19.0. The number of halogens is 2. The minimum atomic E-state index is 0.128. The molecule has 2 aliphatic rings. The summed E-state index contributed by atoms with van der Waals surface area (Å²) in [4.78, 5) is 4.15. The van der Waals surface area contributed by atoms with Crippen LogP contribution in [0.1, 0.15) is 17.7 Å². The molecule has 1 unspecified atom stereocenters. The van der Waals surface area contributed by atoms with Crippen molar-refractivity contribution in [3.05, 3.63) is 51.7 Å². The topological polar surface area (TPSA) is 93.4 Å². The van der Waals surface area contributed by atoms with Gasteiger partial charge in [-0.05, 0) is 42.8 Å². The van der Waals surface area contributed by atoms with E-state index in [2.05, 4.69) is 44.5 Å². The van der Waals surface area contributed by atoms with Gasteiger partial charge >= 0.3 is 0 Å².